The van der Waals surface area contributed by atoms with E-state index < -0.39 is 6.04 Å². The number of benzene rings is 1. The Morgan fingerprint density at radius 1 is 1.43 bits per heavy atom. The number of rotatable bonds is 5. The molecule has 3 N–H and O–H groups in total. The maximum Gasteiger partial charge on any atom is 0.243 e. The molecule has 0 radical (unpaired) electrons. The van der Waals surface area contributed by atoms with Crippen LogP contribution in [0.4, 0.5) is 5.13 Å². The number of hydrogen-bond donors (Lipinski definition) is 2. The Kier molecular flexibility index (Phi) is 5.09. The van der Waals surface area contributed by atoms with Crippen molar-refractivity contribution in [1.82, 2.24) is 4.98 Å². The fourth-order valence-electron chi connectivity index (χ4n) is 2.02. The van der Waals surface area contributed by atoms with E-state index in [2.05, 4.69) is 10.3 Å². The van der Waals surface area contributed by atoms with E-state index in [1.807, 2.05) is 50.4 Å². The highest BCUT2D eigenvalue weighted by Gasteiger charge is 2.20. The zero-order chi connectivity index (χ0) is 15.4. The van der Waals surface area contributed by atoms with Crippen LogP contribution in [0, 0.1) is 12.8 Å². The molecule has 1 heterocycles. The van der Waals surface area contributed by atoms with E-state index in [0.29, 0.717) is 5.13 Å². The van der Waals surface area contributed by atoms with E-state index in [0.717, 1.165) is 23.2 Å². The van der Waals surface area contributed by atoms with Gasteiger partial charge in [-0.05, 0) is 18.4 Å². The second-order valence-corrected chi connectivity index (χ2v) is 6.11. The SMILES string of the molecule is CCC(C)C(N)C(=O)Nc1nc(-c2ccccc2C)cs1. The third kappa shape index (κ3) is 3.68. The van der Waals surface area contributed by atoms with Crippen molar-refractivity contribution >= 4 is 22.4 Å². The molecule has 0 saturated heterocycles. The van der Waals surface area contributed by atoms with Crippen molar-refractivity contribution in [3.05, 3.63) is 35.2 Å². The quantitative estimate of drug-likeness (QED) is 0.889. The summed E-state index contributed by atoms with van der Waals surface area (Å²) >= 11 is 1.42. The minimum atomic E-state index is -0.499. The van der Waals surface area contributed by atoms with Crippen LogP contribution in [0.5, 0.6) is 0 Å². The van der Waals surface area contributed by atoms with Crippen molar-refractivity contribution in [2.24, 2.45) is 11.7 Å². The van der Waals surface area contributed by atoms with E-state index in [1.54, 1.807) is 0 Å². The van der Waals surface area contributed by atoms with Crippen molar-refractivity contribution in [1.29, 1.82) is 0 Å². The topological polar surface area (TPSA) is 68.0 Å². The lowest BCUT2D eigenvalue weighted by molar-refractivity contribution is -0.118. The Morgan fingerprint density at radius 3 is 2.81 bits per heavy atom. The molecule has 0 aliphatic carbocycles. The summed E-state index contributed by atoms with van der Waals surface area (Å²) in [6, 6.07) is 7.56. The molecule has 1 aromatic heterocycles. The molecule has 0 bridgehead atoms. The summed E-state index contributed by atoms with van der Waals surface area (Å²) in [6.07, 6.45) is 0.876. The first-order chi connectivity index (χ1) is 10.0. The zero-order valence-electron chi connectivity index (χ0n) is 12.6. The Bertz CT molecular complexity index is 623. The van der Waals surface area contributed by atoms with Crippen molar-refractivity contribution < 1.29 is 4.79 Å². The molecule has 2 unspecified atom stereocenters. The summed E-state index contributed by atoms with van der Waals surface area (Å²) in [4.78, 5) is 16.5. The Hall–Kier alpha value is -1.72. The first kappa shape index (κ1) is 15.7. The molecule has 0 saturated carbocycles. The summed E-state index contributed by atoms with van der Waals surface area (Å²) in [6.45, 7) is 6.05. The number of hydrogen-bond acceptors (Lipinski definition) is 4. The predicted octanol–water partition coefficient (Wildman–Crippen LogP) is 3.43. The Morgan fingerprint density at radius 2 is 2.14 bits per heavy atom. The van der Waals surface area contributed by atoms with Gasteiger partial charge in [-0.25, -0.2) is 4.98 Å². The molecule has 0 spiro atoms. The summed E-state index contributed by atoms with van der Waals surface area (Å²) in [5, 5.41) is 5.36. The molecule has 4 nitrogen and oxygen atoms in total. The average molecular weight is 303 g/mol. The maximum atomic E-state index is 12.1. The number of nitrogens with one attached hydrogen (secondary N) is 1. The van der Waals surface area contributed by atoms with Crippen molar-refractivity contribution in [2.45, 2.75) is 33.2 Å². The standard InChI is InChI=1S/C16H21N3OS/c1-4-10(2)14(17)15(20)19-16-18-13(9-21-16)12-8-6-5-7-11(12)3/h5-10,14H,4,17H2,1-3H3,(H,18,19,20). The highest BCUT2D eigenvalue weighted by atomic mass is 32.1. The van der Waals surface area contributed by atoms with Gasteiger partial charge in [0, 0.05) is 10.9 Å². The van der Waals surface area contributed by atoms with Gasteiger partial charge in [0.1, 0.15) is 0 Å². The number of aromatic nitrogens is 1. The number of thiazole rings is 1. The second kappa shape index (κ2) is 6.83. The van der Waals surface area contributed by atoms with Gasteiger partial charge >= 0.3 is 0 Å². The lowest BCUT2D eigenvalue weighted by Crippen LogP contribution is -2.40. The number of nitrogens with two attached hydrogens (primary N) is 1. The monoisotopic (exact) mass is 303 g/mol. The molecule has 0 aliphatic rings. The van der Waals surface area contributed by atoms with Crippen LogP contribution < -0.4 is 11.1 Å². The molecule has 1 amide bonds. The van der Waals surface area contributed by atoms with Crippen LogP contribution in [0.2, 0.25) is 0 Å². The number of carbonyl (C=O) groups excluding carboxylic acids is 1. The normalized spacial score (nSPS) is 13.7. The van der Waals surface area contributed by atoms with Crippen LogP contribution in [0.1, 0.15) is 25.8 Å². The van der Waals surface area contributed by atoms with Gasteiger partial charge in [0.15, 0.2) is 5.13 Å². The Labute approximate surface area is 129 Å². The first-order valence-corrected chi connectivity index (χ1v) is 7.98. The fraction of sp³-hybridized carbons (Fsp3) is 0.375. The van der Waals surface area contributed by atoms with E-state index in [4.69, 9.17) is 5.73 Å². The average Bonchev–Trinajstić information content (AvgIpc) is 2.94. The van der Waals surface area contributed by atoms with Gasteiger partial charge in [-0.2, -0.15) is 0 Å². The lowest BCUT2D eigenvalue weighted by Gasteiger charge is -2.16. The minimum absolute atomic E-state index is 0.154. The van der Waals surface area contributed by atoms with E-state index >= 15 is 0 Å². The van der Waals surface area contributed by atoms with Gasteiger partial charge in [0.05, 0.1) is 11.7 Å². The van der Waals surface area contributed by atoms with Crippen LogP contribution in [0.3, 0.4) is 0 Å². The summed E-state index contributed by atoms with van der Waals surface area (Å²) in [5.41, 5.74) is 9.05. The number of nitrogens with zero attached hydrogens (tertiary/aromatic N) is 1. The summed E-state index contributed by atoms with van der Waals surface area (Å²) in [5.74, 6) is -0.0177. The molecular weight excluding hydrogens is 282 g/mol. The van der Waals surface area contributed by atoms with E-state index in [-0.39, 0.29) is 11.8 Å². The lowest BCUT2D eigenvalue weighted by atomic mass is 10.00. The molecule has 112 valence electrons. The van der Waals surface area contributed by atoms with Gasteiger partial charge in [0.2, 0.25) is 5.91 Å². The smallest absolute Gasteiger partial charge is 0.243 e. The number of amides is 1. The molecular formula is C16H21N3OS. The van der Waals surface area contributed by atoms with Gasteiger partial charge < -0.3 is 11.1 Å². The fourth-order valence-corrected chi connectivity index (χ4v) is 2.73. The Balaban J connectivity index is 2.11. The molecule has 0 fully saturated rings. The minimum Gasteiger partial charge on any atom is -0.320 e. The zero-order valence-corrected chi connectivity index (χ0v) is 13.4. The van der Waals surface area contributed by atoms with Crippen LogP contribution in [-0.2, 0) is 4.79 Å². The number of anilines is 1. The van der Waals surface area contributed by atoms with E-state index in [9.17, 15) is 4.79 Å². The molecule has 21 heavy (non-hydrogen) atoms. The van der Waals surface area contributed by atoms with Gasteiger partial charge in [-0.15, -0.1) is 11.3 Å². The molecule has 0 aliphatic heterocycles. The highest BCUT2D eigenvalue weighted by molar-refractivity contribution is 7.14. The summed E-state index contributed by atoms with van der Waals surface area (Å²) < 4.78 is 0. The molecule has 2 rings (SSSR count). The maximum absolute atomic E-state index is 12.1. The van der Waals surface area contributed by atoms with Gasteiger partial charge in [-0.3, -0.25) is 4.79 Å². The first-order valence-electron chi connectivity index (χ1n) is 7.11. The van der Waals surface area contributed by atoms with Crippen LogP contribution in [0.15, 0.2) is 29.6 Å². The largest absolute Gasteiger partial charge is 0.320 e. The number of aryl methyl sites for hydroxylation is 1. The molecule has 1 aromatic carbocycles. The second-order valence-electron chi connectivity index (χ2n) is 5.25. The third-order valence-electron chi connectivity index (χ3n) is 3.72. The van der Waals surface area contributed by atoms with Crippen molar-refractivity contribution in [3.8, 4) is 11.3 Å². The van der Waals surface area contributed by atoms with Crippen molar-refractivity contribution in [3.63, 3.8) is 0 Å². The highest BCUT2D eigenvalue weighted by Crippen LogP contribution is 2.27. The molecule has 5 heteroatoms. The van der Waals surface area contributed by atoms with Crippen LogP contribution in [0.25, 0.3) is 11.3 Å². The molecule has 2 aromatic rings. The number of carbonyl (C=O) groups is 1. The summed E-state index contributed by atoms with van der Waals surface area (Å²) in [7, 11) is 0. The van der Waals surface area contributed by atoms with E-state index in [1.165, 1.54) is 11.3 Å². The molecule has 2 atom stereocenters. The van der Waals surface area contributed by atoms with Crippen LogP contribution >= 0.6 is 11.3 Å². The van der Waals surface area contributed by atoms with Crippen LogP contribution in [-0.4, -0.2) is 16.9 Å². The third-order valence-corrected chi connectivity index (χ3v) is 4.47. The predicted molar refractivity (Wildman–Crippen MR) is 88.3 cm³/mol. The van der Waals surface area contributed by atoms with Gasteiger partial charge in [0.25, 0.3) is 0 Å². The van der Waals surface area contributed by atoms with Crippen molar-refractivity contribution in [2.75, 3.05) is 5.32 Å². The van der Waals surface area contributed by atoms with Gasteiger partial charge in [-0.1, -0.05) is 44.5 Å².